The zero-order valence-corrected chi connectivity index (χ0v) is 16.3. The first-order valence-corrected chi connectivity index (χ1v) is 10.3. The second-order valence-corrected chi connectivity index (χ2v) is 7.74. The lowest BCUT2D eigenvalue weighted by atomic mass is 10.1. The molecule has 8 heteroatoms. The maximum absolute atomic E-state index is 12.5. The van der Waals surface area contributed by atoms with Crippen LogP contribution in [0, 0.1) is 0 Å². The topological polar surface area (TPSA) is 79.0 Å². The highest BCUT2D eigenvalue weighted by Crippen LogP contribution is 2.27. The number of nitrogens with one attached hydrogen (secondary N) is 1. The number of carbonyl (C=O) groups excluding carboxylic acids is 3. The Morgan fingerprint density at radius 2 is 1.89 bits per heavy atom. The molecule has 0 spiro atoms. The Balaban J connectivity index is 1.46. The van der Waals surface area contributed by atoms with Crippen LogP contribution in [-0.4, -0.2) is 71.5 Å². The molecule has 27 heavy (non-hydrogen) atoms. The maximum atomic E-state index is 12.5. The second kappa shape index (κ2) is 9.12. The number of rotatable bonds is 4. The third-order valence-corrected chi connectivity index (χ3v) is 6.08. The molecule has 1 aromatic rings. The number of hydrogen-bond acceptors (Lipinski definition) is 5. The van der Waals surface area contributed by atoms with Gasteiger partial charge in [-0.2, -0.15) is 0 Å². The van der Waals surface area contributed by atoms with E-state index in [1.54, 1.807) is 16.7 Å². The minimum atomic E-state index is -0.325. The highest BCUT2D eigenvalue weighted by atomic mass is 32.2. The fourth-order valence-electron chi connectivity index (χ4n) is 3.27. The Hall–Kier alpha value is -2.22. The van der Waals surface area contributed by atoms with Crippen molar-refractivity contribution < 1.29 is 19.1 Å². The van der Waals surface area contributed by atoms with E-state index in [2.05, 4.69) is 5.32 Å². The number of anilines is 1. The average molecular weight is 391 g/mol. The number of hydrogen-bond donors (Lipinski definition) is 1. The molecule has 7 nitrogen and oxygen atoms in total. The van der Waals surface area contributed by atoms with Gasteiger partial charge in [0, 0.05) is 31.9 Å². The van der Waals surface area contributed by atoms with E-state index in [4.69, 9.17) is 4.74 Å². The van der Waals surface area contributed by atoms with Crippen LogP contribution in [0.5, 0.6) is 0 Å². The molecular formula is C19H25N3O4S. The summed E-state index contributed by atoms with van der Waals surface area (Å²) in [5.74, 6) is 0.247. The summed E-state index contributed by atoms with van der Waals surface area (Å²) in [6.45, 7) is 4.09. The molecule has 2 heterocycles. The van der Waals surface area contributed by atoms with Gasteiger partial charge in [-0.05, 0) is 31.4 Å². The molecule has 0 aliphatic carbocycles. The lowest BCUT2D eigenvalue weighted by molar-refractivity contribution is -0.129. The number of thioether (sulfide) groups is 1. The van der Waals surface area contributed by atoms with Gasteiger partial charge in [0.25, 0.3) is 0 Å². The summed E-state index contributed by atoms with van der Waals surface area (Å²) in [4.78, 5) is 40.0. The van der Waals surface area contributed by atoms with Gasteiger partial charge < -0.3 is 19.9 Å². The summed E-state index contributed by atoms with van der Waals surface area (Å²) >= 11 is 1.40. The monoisotopic (exact) mass is 391 g/mol. The summed E-state index contributed by atoms with van der Waals surface area (Å²) in [5, 5.41) is 2.73. The van der Waals surface area contributed by atoms with Crippen molar-refractivity contribution in [2.24, 2.45) is 0 Å². The molecule has 0 aromatic heterocycles. The van der Waals surface area contributed by atoms with E-state index in [0.717, 1.165) is 24.1 Å². The van der Waals surface area contributed by atoms with Gasteiger partial charge in [-0.3, -0.25) is 9.59 Å². The molecule has 1 aromatic carbocycles. The summed E-state index contributed by atoms with van der Waals surface area (Å²) in [6.07, 6.45) is 1.21. The van der Waals surface area contributed by atoms with Crippen LogP contribution in [0.25, 0.3) is 0 Å². The van der Waals surface area contributed by atoms with Crippen molar-refractivity contribution in [3.8, 4) is 0 Å². The van der Waals surface area contributed by atoms with E-state index in [0.29, 0.717) is 32.8 Å². The third-order valence-electron chi connectivity index (χ3n) is 4.81. The van der Waals surface area contributed by atoms with Gasteiger partial charge in [0.2, 0.25) is 11.8 Å². The zero-order valence-electron chi connectivity index (χ0n) is 15.5. The number of fused-ring (bicyclic) bond motifs is 1. The van der Waals surface area contributed by atoms with E-state index in [1.807, 2.05) is 24.3 Å². The minimum absolute atomic E-state index is 0.0121. The van der Waals surface area contributed by atoms with Gasteiger partial charge in [-0.1, -0.05) is 18.2 Å². The van der Waals surface area contributed by atoms with Gasteiger partial charge in [-0.15, -0.1) is 11.8 Å². The normalized spacial score (nSPS) is 19.7. The van der Waals surface area contributed by atoms with Crippen LogP contribution >= 0.6 is 11.8 Å². The van der Waals surface area contributed by atoms with Gasteiger partial charge in [-0.25, -0.2) is 4.79 Å². The van der Waals surface area contributed by atoms with Crippen molar-refractivity contribution in [2.45, 2.75) is 25.0 Å². The fraction of sp³-hybridized carbons (Fsp3) is 0.526. The van der Waals surface area contributed by atoms with Crippen molar-refractivity contribution in [1.82, 2.24) is 9.80 Å². The Morgan fingerprint density at radius 3 is 2.63 bits per heavy atom. The molecule has 2 aliphatic heterocycles. The summed E-state index contributed by atoms with van der Waals surface area (Å²) in [6, 6.07) is 7.81. The maximum Gasteiger partial charge on any atom is 0.409 e. The SMILES string of the molecule is CCOC(=O)N1CCN(C(=O)CSC2CCc3ccccc3NC2=O)CC1. The highest BCUT2D eigenvalue weighted by Gasteiger charge is 2.28. The Labute approximate surface area is 163 Å². The first-order valence-electron chi connectivity index (χ1n) is 9.28. The predicted molar refractivity (Wildman–Crippen MR) is 105 cm³/mol. The largest absolute Gasteiger partial charge is 0.450 e. The van der Waals surface area contributed by atoms with Crippen LogP contribution in [0.3, 0.4) is 0 Å². The van der Waals surface area contributed by atoms with E-state index in [1.165, 1.54) is 11.8 Å². The standard InChI is InChI=1S/C19H25N3O4S/c1-2-26-19(25)22-11-9-21(10-12-22)17(23)13-27-16-8-7-14-5-3-4-6-15(14)20-18(16)24/h3-6,16H,2,7-13H2,1H3,(H,20,24). The number of aryl methyl sites for hydroxylation is 1. The van der Waals surface area contributed by atoms with Gasteiger partial charge >= 0.3 is 6.09 Å². The molecule has 0 saturated carbocycles. The first-order chi connectivity index (χ1) is 13.1. The molecular weight excluding hydrogens is 366 g/mol. The Kier molecular flexibility index (Phi) is 6.60. The van der Waals surface area contributed by atoms with Crippen molar-refractivity contribution >= 4 is 35.4 Å². The molecule has 2 aliphatic rings. The van der Waals surface area contributed by atoms with Crippen LogP contribution in [-0.2, 0) is 20.7 Å². The van der Waals surface area contributed by atoms with Gasteiger partial charge in [0.15, 0.2) is 0 Å². The molecule has 146 valence electrons. The number of amides is 3. The second-order valence-electron chi connectivity index (χ2n) is 6.55. The number of carbonyl (C=O) groups is 3. The van der Waals surface area contributed by atoms with Crippen molar-refractivity contribution in [1.29, 1.82) is 0 Å². The number of ether oxygens (including phenoxy) is 1. The molecule has 3 amide bonds. The Bertz CT molecular complexity index is 704. The number of piperazine rings is 1. The molecule has 0 radical (unpaired) electrons. The average Bonchev–Trinajstić information content (AvgIpc) is 2.84. The molecule has 1 unspecified atom stereocenters. The molecule has 1 N–H and O–H groups in total. The quantitative estimate of drug-likeness (QED) is 0.849. The van der Waals surface area contributed by atoms with Crippen LogP contribution < -0.4 is 5.32 Å². The Morgan fingerprint density at radius 1 is 1.19 bits per heavy atom. The number of para-hydroxylation sites is 1. The molecule has 1 atom stereocenters. The number of nitrogens with zero attached hydrogens (tertiary/aromatic N) is 2. The van der Waals surface area contributed by atoms with Crippen LogP contribution in [0.15, 0.2) is 24.3 Å². The fourth-order valence-corrected chi connectivity index (χ4v) is 4.29. The van der Waals surface area contributed by atoms with Crippen LogP contribution in [0.4, 0.5) is 10.5 Å². The summed E-state index contributed by atoms with van der Waals surface area (Å²) in [7, 11) is 0. The molecule has 3 rings (SSSR count). The summed E-state index contributed by atoms with van der Waals surface area (Å²) in [5.41, 5.74) is 2.00. The minimum Gasteiger partial charge on any atom is -0.450 e. The smallest absolute Gasteiger partial charge is 0.409 e. The third kappa shape index (κ3) is 4.94. The lowest BCUT2D eigenvalue weighted by Gasteiger charge is -2.34. The van der Waals surface area contributed by atoms with E-state index >= 15 is 0 Å². The van der Waals surface area contributed by atoms with E-state index < -0.39 is 0 Å². The van der Waals surface area contributed by atoms with Crippen LogP contribution in [0.1, 0.15) is 18.9 Å². The van der Waals surface area contributed by atoms with Crippen molar-refractivity contribution in [3.63, 3.8) is 0 Å². The number of benzene rings is 1. The molecule has 1 fully saturated rings. The van der Waals surface area contributed by atoms with Gasteiger partial charge in [0.1, 0.15) is 0 Å². The van der Waals surface area contributed by atoms with Crippen LogP contribution in [0.2, 0.25) is 0 Å². The van der Waals surface area contributed by atoms with Gasteiger partial charge in [0.05, 0.1) is 17.6 Å². The molecule has 1 saturated heterocycles. The first kappa shape index (κ1) is 19.5. The van der Waals surface area contributed by atoms with Crippen molar-refractivity contribution in [2.75, 3.05) is 43.9 Å². The molecule has 0 bridgehead atoms. The lowest BCUT2D eigenvalue weighted by Crippen LogP contribution is -2.51. The van der Waals surface area contributed by atoms with E-state index in [-0.39, 0.29) is 28.9 Å². The predicted octanol–water partition coefficient (Wildman–Crippen LogP) is 1.97. The van der Waals surface area contributed by atoms with E-state index in [9.17, 15) is 14.4 Å². The summed E-state index contributed by atoms with van der Waals surface area (Å²) < 4.78 is 4.99. The highest BCUT2D eigenvalue weighted by molar-refractivity contribution is 8.01. The zero-order chi connectivity index (χ0) is 19.2. The van der Waals surface area contributed by atoms with Crippen molar-refractivity contribution in [3.05, 3.63) is 29.8 Å².